The van der Waals surface area contributed by atoms with Gasteiger partial charge in [0.15, 0.2) is 0 Å². The first-order chi connectivity index (χ1) is 9.62. The molecule has 3 atom stereocenters. The van der Waals surface area contributed by atoms with E-state index in [1.807, 2.05) is 0 Å². The molecule has 20 heavy (non-hydrogen) atoms. The van der Waals surface area contributed by atoms with Crippen LogP contribution in [-0.4, -0.2) is 49.6 Å². The fourth-order valence-electron chi connectivity index (χ4n) is 3.60. The molecule has 0 aliphatic heterocycles. The standard InChI is InChI=1S/C17H33N3/c1-5-8-15-9-10-16(14-18)17(13-15)20(6-2)12-7-11-19(3)4/h15-17H,5-13H2,1-4H3. The zero-order valence-electron chi connectivity index (χ0n) is 13.9. The van der Waals surface area contributed by atoms with E-state index in [1.165, 1.54) is 32.1 Å². The Morgan fingerprint density at radius 2 is 1.90 bits per heavy atom. The second-order valence-corrected chi connectivity index (χ2v) is 6.56. The average molecular weight is 279 g/mol. The van der Waals surface area contributed by atoms with Crippen LogP contribution in [0, 0.1) is 23.2 Å². The topological polar surface area (TPSA) is 30.3 Å². The van der Waals surface area contributed by atoms with Crippen molar-refractivity contribution in [2.24, 2.45) is 11.8 Å². The fraction of sp³-hybridized carbons (Fsp3) is 0.941. The third-order valence-electron chi connectivity index (χ3n) is 4.71. The zero-order valence-corrected chi connectivity index (χ0v) is 13.9. The normalized spacial score (nSPS) is 26.9. The van der Waals surface area contributed by atoms with Gasteiger partial charge in [-0.15, -0.1) is 0 Å². The molecule has 0 amide bonds. The Morgan fingerprint density at radius 3 is 2.45 bits per heavy atom. The van der Waals surface area contributed by atoms with Crippen molar-refractivity contribution in [1.29, 1.82) is 5.26 Å². The van der Waals surface area contributed by atoms with Crippen LogP contribution < -0.4 is 0 Å². The molecule has 116 valence electrons. The minimum atomic E-state index is 0.252. The van der Waals surface area contributed by atoms with Gasteiger partial charge in [0.05, 0.1) is 12.0 Å². The van der Waals surface area contributed by atoms with Crippen LogP contribution in [0.1, 0.15) is 52.4 Å². The third-order valence-corrected chi connectivity index (χ3v) is 4.71. The quantitative estimate of drug-likeness (QED) is 0.682. The molecule has 1 aliphatic carbocycles. The summed E-state index contributed by atoms with van der Waals surface area (Å²) in [7, 11) is 4.26. The maximum atomic E-state index is 9.45. The summed E-state index contributed by atoms with van der Waals surface area (Å²) in [5.41, 5.74) is 0. The van der Waals surface area contributed by atoms with Crippen molar-refractivity contribution in [1.82, 2.24) is 9.80 Å². The predicted molar refractivity (Wildman–Crippen MR) is 85.6 cm³/mol. The van der Waals surface area contributed by atoms with Crippen LogP contribution in [0.4, 0.5) is 0 Å². The maximum absolute atomic E-state index is 9.45. The summed E-state index contributed by atoms with van der Waals surface area (Å²) >= 11 is 0. The molecule has 0 heterocycles. The largest absolute Gasteiger partial charge is 0.309 e. The zero-order chi connectivity index (χ0) is 15.0. The van der Waals surface area contributed by atoms with Gasteiger partial charge in [0.2, 0.25) is 0 Å². The molecule has 0 radical (unpaired) electrons. The molecule has 3 unspecified atom stereocenters. The Morgan fingerprint density at radius 1 is 1.15 bits per heavy atom. The highest BCUT2D eigenvalue weighted by atomic mass is 15.2. The number of nitriles is 1. The lowest BCUT2D eigenvalue weighted by atomic mass is 9.76. The van der Waals surface area contributed by atoms with Crippen LogP contribution in [0.25, 0.3) is 0 Å². The smallest absolute Gasteiger partial charge is 0.0672 e. The Bertz CT molecular complexity index is 295. The van der Waals surface area contributed by atoms with Crippen molar-refractivity contribution >= 4 is 0 Å². The van der Waals surface area contributed by atoms with Crippen molar-refractivity contribution in [3.8, 4) is 6.07 Å². The van der Waals surface area contributed by atoms with Crippen molar-refractivity contribution in [2.75, 3.05) is 33.7 Å². The van der Waals surface area contributed by atoms with Gasteiger partial charge in [-0.05, 0) is 65.3 Å². The van der Waals surface area contributed by atoms with Crippen molar-refractivity contribution in [2.45, 2.75) is 58.4 Å². The number of hydrogen-bond acceptors (Lipinski definition) is 3. The second-order valence-electron chi connectivity index (χ2n) is 6.56. The van der Waals surface area contributed by atoms with Gasteiger partial charge in [-0.1, -0.05) is 26.7 Å². The van der Waals surface area contributed by atoms with E-state index in [1.54, 1.807) is 0 Å². The van der Waals surface area contributed by atoms with E-state index in [0.29, 0.717) is 6.04 Å². The molecule has 3 nitrogen and oxygen atoms in total. The van der Waals surface area contributed by atoms with E-state index < -0.39 is 0 Å². The molecule has 0 aromatic carbocycles. The minimum Gasteiger partial charge on any atom is -0.309 e. The summed E-state index contributed by atoms with van der Waals surface area (Å²) in [5.74, 6) is 1.10. The van der Waals surface area contributed by atoms with Gasteiger partial charge in [0.1, 0.15) is 0 Å². The van der Waals surface area contributed by atoms with Gasteiger partial charge in [-0.2, -0.15) is 5.26 Å². The summed E-state index contributed by atoms with van der Waals surface area (Å²) in [6, 6.07) is 3.08. The summed E-state index contributed by atoms with van der Waals surface area (Å²) in [5, 5.41) is 9.45. The molecule has 1 saturated carbocycles. The van der Waals surface area contributed by atoms with E-state index in [-0.39, 0.29) is 5.92 Å². The fourth-order valence-corrected chi connectivity index (χ4v) is 3.60. The maximum Gasteiger partial charge on any atom is 0.0672 e. The molecule has 0 spiro atoms. The molecule has 0 aromatic heterocycles. The van der Waals surface area contributed by atoms with Crippen LogP contribution in [0.3, 0.4) is 0 Å². The van der Waals surface area contributed by atoms with E-state index in [2.05, 4.69) is 43.8 Å². The van der Waals surface area contributed by atoms with Crippen molar-refractivity contribution < 1.29 is 0 Å². The minimum absolute atomic E-state index is 0.252. The van der Waals surface area contributed by atoms with Crippen LogP contribution >= 0.6 is 0 Å². The molecule has 0 bridgehead atoms. The third kappa shape index (κ3) is 5.42. The first kappa shape index (κ1) is 17.5. The molecule has 1 aliphatic rings. The van der Waals surface area contributed by atoms with Crippen LogP contribution in [-0.2, 0) is 0 Å². The number of hydrogen-bond donors (Lipinski definition) is 0. The lowest BCUT2D eigenvalue weighted by Crippen LogP contribution is -2.45. The van der Waals surface area contributed by atoms with Crippen molar-refractivity contribution in [3.05, 3.63) is 0 Å². The van der Waals surface area contributed by atoms with Crippen LogP contribution in [0.2, 0.25) is 0 Å². The lowest BCUT2D eigenvalue weighted by Gasteiger charge is -2.40. The van der Waals surface area contributed by atoms with Crippen LogP contribution in [0.15, 0.2) is 0 Å². The molecule has 3 heteroatoms. The van der Waals surface area contributed by atoms with E-state index >= 15 is 0 Å². The molecule has 1 rings (SSSR count). The van der Waals surface area contributed by atoms with Crippen molar-refractivity contribution in [3.63, 3.8) is 0 Å². The summed E-state index contributed by atoms with van der Waals surface area (Å²) in [6.07, 6.45) is 7.43. The molecule has 0 aromatic rings. The monoisotopic (exact) mass is 279 g/mol. The van der Waals surface area contributed by atoms with Gasteiger partial charge in [0.25, 0.3) is 0 Å². The Labute approximate surface area is 125 Å². The van der Waals surface area contributed by atoms with Gasteiger partial charge in [0, 0.05) is 6.04 Å². The Hall–Kier alpha value is -0.590. The highest BCUT2D eigenvalue weighted by Gasteiger charge is 2.33. The first-order valence-electron chi connectivity index (χ1n) is 8.40. The van der Waals surface area contributed by atoms with E-state index in [4.69, 9.17) is 0 Å². The van der Waals surface area contributed by atoms with Crippen LogP contribution in [0.5, 0.6) is 0 Å². The molecule has 1 fully saturated rings. The molecule has 0 saturated heterocycles. The lowest BCUT2D eigenvalue weighted by molar-refractivity contribution is 0.0992. The Kier molecular flexibility index (Phi) is 8.18. The highest BCUT2D eigenvalue weighted by molar-refractivity contribution is 4.97. The predicted octanol–water partition coefficient (Wildman–Crippen LogP) is 3.37. The SMILES string of the molecule is CCCC1CCC(C#N)C(N(CC)CCCN(C)C)C1. The molecular formula is C17H33N3. The summed E-state index contributed by atoms with van der Waals surface area (Å²) in [6.45, 7) is 7.87. The van der Waals surface area contributed by atoms with Gasteiger partial charge < -0.3 is 4.90 Å². The first-order valence-corrected chi connectivity index (χ1v) is 8.40. The van der Waals surface area contributed by atoms with Gasteiger partial charge in [-0.3, -0.25) is 4.90 Å². The van der Waals surface area contributed by atoms with Gasteiger partial charge in [-0.25, -0.2) is 0 Å². The Balaban J connectivity index is 2.57. The average Bonchev–Trinajstić information content (AvgIpc) is 2.44. The second kappa shape index (κ2) is 9.37. The summed E-state index contributed by atoms with van der Waals surface area (Å²) in [4.78, 5) is 4.82. The highest BCUT2D eigenvalue weighted by Crippen LogP contribution is 2.34. The van der Waals surface area contributed by atoms with E-state index in [9.17, 15) is 5.26 Å². The van der Waals surface area contributed by atoms with E-state index in [0.717, 1.165) is 32.0 Å². The molecule has 0 N–H and O–H groups in total. The van der Waals surface area contributed by atoms with Gasteiger partial charge >= 0.3 is 0 Å². The molecular weight excluding hydrogens is 246 g/mol. The number of nitrogens with zero attached hydrogens (tertiary/aromatic N) is 3. The number of rotatable bonds is 8. The summed E-state index contributed by atoms with van der Waals surface area (Å²) < 4.78 is 0.